The van der Waals surface area contributed by atoms with Crippen LogP contribution in [0.15, 0.2) is 24.3 Å². The van der Waals surface area contributed by atoms with Crippen LogP contribution >= 0.6 is 0 Å². The predicted molar refractivity (Wildman–Crippen MR) is 86.7 cm³/mol. The van der Waals surface area contributed by atoms with Crippen LogP contribution in [0.3, 0.4) is 0 Å². The zero-order valence-electron chi connectivity index (χ0n) is 13.5. The number of nitro benzene ring substituents is 1. The lowest BCUT2D eigenvalue weighted by molar-refractivity contribution is -0.384. The van der Waals surface area contributed by atoms with E-state index in [2.05, 4.69) is 15.7 Å². The highest BCUT2D eigenvalue weighted by atomic mass is 16.6. The van der Waals surface area contributed by atoms with E-state index in [0.29, 0.717) is 11.4 Å². The zero-order chi connectivity index (χ0) is 17.9. The van der Waals surface area contributed by atoms with Gasteiger partial charge in [-0.2, -0.15) is 5.10 Å². The van der Waals surface area contributed by atoms with Gasteiger partial charge in [-0.25, -0.2) is 0 Å². The summed E-state index contributed by atoms with van der Waals surface area (Å²) in [6, 6.07) is 5.14. The third kappa shape index (κ3) is 3.75. The van der Waals surface area contributed by atoms with Gasteiger partial charge in [0.05, 0.1) is 28.5 Å². The molecule has 2 amide bonds. The number of non-ortho nitro benzene ring substituents is 1. The fraction of sp³-hybridized carbons (Fsp3) is 0.267. The molecule has 1 heterocycles. The minimum absolute atomic E-state index is 0.105. The molecule has 24 heavy (non-hydrogen) atoms. The van der Waals surface area contributed by atoms with E-state index < -0.39 is 10.8 Å². The van der Waals surface area contributed by atoms with E-state index in [1.54, 1.807) is 18.7 Å². The number of anilines is 1. The highest BCUT2D eigenvalue weighted by Crippen LogP contribution is 2.17. The van der Waals surface area contributed by atoms with Crippen LogP contribution in [-0.4, -0.2) is 33.1 Å². The first kappa shape index (κ1) is 17.1. The molecular weight excluding hydrogens is 314 g/mol. The van der Waals surface area contributed by atoms with Crippen molar-refractivity contribution in [3.8, 4) is 0 Å². The van der Waals surface area contributed by atoms with Crippen molar-refractivity contribution in [2.24, 2.45) is 7.05 Å². The molecule has 0 aliphatic heterocycles. The lowest BCUT2D eigenvalue weighted by Crippen LogP contribution is -2.33. The standard InChI is InChI=1S/C15H17N5O4/c1-9-14(10(2)19(3)18-9)17-13(21)8-16-15(22)11-4-6-12(7-5-11)20(23)24/h4-7H,8H2,1-3H3,(H,16,22)(H,17,21). The molecule has 0 unspecified atom stereocenters. The van der Waals surface area contributed by atoms with Gasteiger partial charge in [-0.1, -0.05) is 0 Å². The van der Waals surface area contributed by atoms with Crippen molar-refractivity contribution >= 4 is 23.2 Å². The van der Waals surface area contributed by atoms with Crippen LogP contribution in [0.5, 0.6) is 0 Å². The number of benzene rings is 1. The SMILES string of the molecule is Cc1nn(C)c(C)c1NC(=O)CNC(=O)c1ccc([N+](=O)[O-])cc1. The van der Waals surface area contributed by atoms with Crippen molar-refractivity contribution in [1.29, 1.82) is 0 Å². The smallest absolute Gasteiger partial charge is 0.269 e. The molecule has 0 aliphatic carbocycles. The predicted octanol–water partition coefficient (Wildman–Crippen LogP) is 1.31. The lowest BCUT2D eigenvalue weighted by atomic mass is 10.2. The summed E-state index contributed by atoms with van der Waals surface area (Å²) in [7, 11) is 1.77. The quantitative estimate of drug-likeness (QED) is 0.632. The molecule has 1 aromatic heterocycles. The highest BCUT2D eigenvalue weighted by Gasteiger charge is 2.14. The van der Waals surface area contributed by atoms with Crippen LogP contribution in [0.2, 0.25) is 0 Å². The zero-order valence-corrected chi connectivity index (χ0v) is 13.5. The summed E-state index contributed by atoms with van der Waals surface area (Å²) in [4.78, 5) is 33.9. The van der Waals surface area contributed by atoms with Crippen molar-refractivity contribution in [2.75, 3.05) is 11.9 Å². The molecule has 0 radical (unpaired) electrons. The van der Waals surface area contributed by atoms with Gasteiger partial charge in [0.25, 0.3) is 11.6 Å². The lowest BCUT2D eigenvalue weighted by Gasteiger charge is -2.07. The van der Waals surface area contributed by atoms with Gasteiger partial charge < -0.3 is 10.6 Å². The van der Waals surface area contributed by atoms with Crippen LogP contribution in [-0.2, 0) is 11.8 Å². The fourth-order valence-electron chi connectivity index (χ4n) is 2.14. The van der Waals surface area contributed by atoms with Gasteiger partial charge in [0, 0.05) is 24.7 Å². The molecule has 9 heteroatoms. The van der Waals surface area contributed by atoms with E-state index in [-0.39, 0.29) is 23.7 Å². The Labute approximate surface area is 137 Å². The molecule has 0 spiro atoms. The largest absolute Gasteiger partial charge is 0.343 e. The van der Waals surface area contributed by atoms with Crippen molar-refractivity contribution in [3.63, 3.8) is 0 Å². The maximum atomic E-state index is 12.0. The summed E-state index contributed by atoms with van der Waals surface area (Å²) in [6.07, 6.45) is 0. The van der Waals surface area contributed by atoms with Gasteiger partial charge >= 0.3 is 0 Å². The number of rotatable bonds is 5. The Morgan fingerprint density at radius 1 is 1.25 bits per heavy atom. The molecule has 2 rings (SSSR count). The monoisotopic (exact) mass is 331 g/mol. The van der Waals surface area contributed by atoms with Gasteiger partial charge in [-0.15, -0.1) is 0 Å². The maximum Gasteiger partial charge on any atom is 0.269 e. The van der Waals surface area contributed by atoms with E-state index in [1.807, 2.05) is 6.92 Å². The third-order valence-corrected chi connectivity index (χ3v) is 3.52. The Balaban J connectivity index is 1.93. The number of nitrogens with zero attached hydrogens (tertiary/aromatic N) is 3. The van der Waals surface area contributed by atoms with Crippen LogP contribution in [0.25, 0.3) is 0 Å². The Hall–Kier alpha value is -3.23. The topological polar surface area (TPSA) is 119 Å². The van der Waals surface area contributed by atoms with Crippen LogP contribution in [0.1, 0.15) is 21.7 Å². The molecular formula is C15H17N5O4. The van der Waals surface area contributed by atoms with Gasteiger partial charge in [-0.3, -0.25) is 24.4 Å². The van der Waals surface area contributed by atoms with Crippen molar-refractivity contribution < 1.29 is 14.5 Å². The summed E-state index contributed by atoms with van der Waals surface area (Å²) < 4.78 is 1.65. The number of nitrogens with one attached hydrogen (secondary N) is 2. The second-order valence-corrected chi connectivity index (χ2v) is 5.20. The number of aromatic nitrogens is 2. The molecule has 0 aliphatic rings. The normalized spacial score (nSPS) is 10.3. The van der Waals surface area contributed by atoms with Crippen LogP contribution in [0, 0.1) is 24.0 Å². The fourth-order valence-corrected chi connectivity index (χ4v) is 2.14. The summed E-state index contributed by atoms with van der Waals surface area (Å²) >= 11 is 0. The van der Waals surface area contributed by atoms with E-state index >= 15 is 0 Å². The maximum absolute atomic E-state index is 12.0. The number of carbonyl (C=O) groups excluding carboxylic acids is 2. The minimum Gasteiger partial charge on any atom is -0.343 e. The van der Waals surface area contributed by atoms with E-state index in [9.17, 15) is 19.7 Å². The molecule has 0 saturated carbocycles. The Bertz CT molecular complexity index is 795. The Morgan fingerprint density at radius 3 is 2.38 bits per heavy atom. The summed E-state index contributed by atoms with van der Waals surface area (Å²) in [5.74, 6) is -0.871. The second-order valence-electron chi connectivity index (χ2n) is 5.20. The molecule has 0 fully saturated rings. The molecule has 2 aromatic rings. The number of nitro groups is 1. The first-order valence-corrected chi connectivity index (χ1v) is 7.12. The summed E-state index contributed by atoms with van der Waals surface area (Å²) in [5.41, 5.74) is 2.24. The first-order chi connectivity index (χ1) is 11.3. The third-order valence-electron chi connectivity index (χ3n) is 3.52. The van der Waals surface area contributed by atoms with E-state index in [0.717, 1.165) is 5.69 Å². The number of hydrogen-bond donors (Lipinski definition) is 2. The van der Waals surface area contributed by atoms with Crippen molar-refractivity contribution in [3.05, 3.63) is 51.3 Å². The molecule has 126 valence electrons. The second kappa shape index (κ2) is 6.90. The number of aryl methyl sites for hydroxylation is 2. The van der Waals surface area contributed by atoms with Crippen LogP contribution < -0.4 is 10.6 Å². The van der Waals surface area contributed by atoms with Gasteiger partial charge in [0.1, 0.15) is 0 Å². The van der Waals surface area contributed by atoms with Gasteiger partial charge in [-0.05, 0) is 26.0 Å². The number of hydrogen-bond acceptors (Lipinski definition) is 5. The summed E-state index contributed by atoms with van der Waals surface area (Å²) in [6.45, 7) is 3.38. The molecule has 0 saturated heterocycles. The average Bonchev–Trinajstić information content (AvgIpc) is 2.79. The minimum atomic E-state index is -0.548. The van der Waals surface area contributed by atoms with Crippen LogP contribution in [0.4, 0.5) is 11.4 Å². The molecule has 0 atom stereocenters. The number of amides is 2. The first-order valence-electron chi connectivity index (χ1n) is 7.12. The summed E-state index contributed by atoms with van der Waals surface area (Å²) in [5, 5.41) is 19.9. The van der Waals surface area contributed by atoms with Crippen molar-refractivity contribution in [1.82, 2.24) is 15.1 Å². The van der Waals surface area contributed by atoms with Gasteiger partial charge in [0.15, 0.2) is 0 Å². The molecule has 1 aromatic carbocycles. The molecule has 9 nitrogen and oxygen atoms in total. The molecule has 0 bridgehead atoms. The Kier molecular flexibility index (Phi) is 4.93. The van der Waals surface area contributed by atoms with E-state index in [1.165, 1.54) is 24.3 Å². The highest BCUT2D eigenvalue weighted by molar-refractivity contribution is 5.99. The molecule has 2 N–H and O–H groups in total. The van der Waals surface area contributed by atoms with Gasteiger partial charge in [0.2, 0.25) is 5.91 Å². The van der Waals surface area contributed by atoms with Crippen molar-refractivity contribution in [2.45, 2.75) is 13.8 Å². The Morgan fingerprint density at radius 2 is 1.88 bits per heavy atom. The van der Waals surface area contributed by atoms with E-state index in [4.69, 9.17) is 0 Å². The number of carbonyl (C=O) groups is 2. The average molecular weight is 331 g/mol.